The third-order valence-corrected chi connectivity index (χ3v) is 7.36. The Kier molecular flexibility index (Phi) is 5.48. The van der Waals surface area contributed by atoms with Gasteiger partial charge in [-0.3, -0.25) is 9.36 Å². The SMILES string of the molecule is C=CCn1c(SCc2nc3sc(C)c(C)c3c(=O)[nH]2)nnc1C1COc2ccccc2O1. The molecule has 164 valence electrons. The van der Waals surface area contributed by atoms with E-state index in [1.807, 2.05) is 42.7 Å². The zero-order valence-electron chi connectivity index (χ0n) is 17.6. The van der Waals surface area contributed by atoms with E-state index in [0.29, 0.717) is 46.8 Å². The molecule has 4 aromatic rings. The summed E-state index contributed by atoms with van der Waals surface area (Å²) < 4.78 is 13.9. The number of para-hydroxylation sites is 2. The number of nitrogens with zero attached hydrogens (tertiary/aromatic N) is 4. The number of aromatic amines is 1. The van der Waals surface area contributed by atoms with E-state index in [2.05, 4.69) is 26.7 Å². The van der Waals surface area contributed by atoms with Gasteiger partial charge in [0.2, 0.25) is 0 Å². The van der Waals surface area contributed by atoms with E-state index in [1.54, 1.807) is 17.4 Å². The van der Waals surface area contributed by atoms with Gasteiger partial charge in [-0.2, -0.15) is 0 Å². The van der Waals surface area contributed by atoms with Crippen molar-refractivity contribution in [2.24, 2.45) is 0 Å². The highest BCUT2D eigenvalue weighted by Crippen LogP contribution is 2.36. The molecular formula is C22H21N5O3S2. The second-order valence-electron chi connectivity index (χ2n) is 7.37. The van der Waals surface area contributed by atoms with Gasteiger partial charge >= 0.3 is 0 Å². The fraction of sp³-hybridized carbons (Fsp3) is 0.273. The first-order valence-corrected chi connectivity index (χ1v) is 11.9. The maximum absolute atomic E-state index is 12.6. The summed E-state index contributed by atoms with van der Waals surface area (Å²) in [5.41, 5.74) is 0.886. The number of ether oxygens (including phenoxy) is 2. The third kappa shape index (κ3) is 3.69. The van der Waals surface area contributed by atoms with Crippen molar-refractivity contribution < 1.29 is 9.47 Å². The number of fused-ring (bicyclic) bond motifs is 2. The average Bonchev–Trinajstić information content (AvgIpc) is 3.32. The Labute approximate surface area is 192 Å². The molecule has 0 saturated carbocycles. The number of nitrogens with one attached hydrogen (secondary N) is 1. The van der Waals surface area contributed by atoms with Crippen LogP contribution in [0.1, 0.15) is 28.2 Å². The maximum Gasteiger partial charge on any atom is 0.259 e. The molecule has 8 nitrogen and oxygen atoms in total. The quantitative estimate of drug-likeness (QED) is 0.336. The molecule has 10 heteroatoms. The third-order valence-electron chi connectivity index (χ3n) is 5.28. The summed E-state index contributed by atoms with van der Waals surface area (Å²) in [6.07, 6.45) is 1.41. The largest absolute Gasteiger partial charge is 0.485 e. The van der Waals surface area contributed by atoms with Crippen molar-refractivity contribution in [1.82, 2.24) is 24.7 Å². The van der Waals surface area contributed by atoms with Gasteiger partial charge in [-0.15, -0.1) is 28.1 Å². The van der Waals surface area contributed by atoms with Crippen molar-refractivity contribution in [2.75, 3.05) is 6.61 Å². The highest BCUT2D eigenvalue weighted by atomic mass is 32.2. The van der Waals surface area contributed by atoms with Crippen molar-refractivity contribution in [1.29, 1.82) is 0 Å². The molecule has 32 heavy (non-hydrogen) atoms. The monoisotopic (exact) mass is 467 g/mol. The maximum atomic E-state index is 12.6. The summed E-state index contributed by atoms with van der Waals surface area (Å²) >= 11 is 3.00. The van der Waals surface area contributed by atoms with Crippen LogP contribution in [0, 0.1) is 13.8 Å². The molecule has 0 bridgehead atoms. The zero-order chi connectivity index (χ0) is 22.2. The number of hydrogen-bond donors (Lipinski definition) is 1. The van der Waals surface area contributed by atoms with Gasteiger partial charge in [0.05, 0.1) is 11.1 Å². The molecule has 1 N–H and O–H groups in total. The first-order valence-electron chi connectivity index (χ1n) is 10.1. The molecule has 1 unspecified atom stereocenters. The number of thiophene rings is 1. The summed E-state index contributed by atoms with van der Waals surface area (Å²) in [4.78, 5) is 22.0. The normalized spacial score (nSPS) is 15.2. The predicted octanol–water partition coefficient (Wildman–Crippen LogP) is 4.18. The Balaban J connectivity index is 1.39. The van der Waals surface area contributed by atoms with Crippen LogP contribution in [-0.2, 0) is 12.3 Å². The Morgan fingerprint density at radius 2 is 2.12 bits per heavy atom. The first kappa shape index (κ1) is 20.8. The minimum absolute atomic E-state index is 0.105. The number of rotatable bonds is 6. The Morgan fingerprint density at radius 3 is 2.94 bits per heavy atom. The number of H-pyrrole nitrogens is 1. The number of thioether (sulfide) groups is 1. The highest BCUT2D eigenvalue weighted by Gasteiger charge is 2.28. The van der Waals surface area contributed by atoms with Gasteiger partial charge < -0.3 is 14.5 Å². The smallest absolute Gasteiger partial charge is 0.259 e. The zero-order valence-corrected chi connectivity index (χ0v) is 19.3. The Morgan fingerprint density at radius 1 is 1.31 bits per heavy atom. The fourth-order valence-electron chi connectivity index (χ4n) is 3.59. The van der Waals surface area contributed by atoms with Crippen LogP contribution in [0.5, 0.6) is 11.5 Å². The van der Waals surface area contributed by atoms with Crippen molar-refractivity contribution in [3.05, 3.63) is 69.4 Å². The lowest BCUT2D eigenvalue weighted by molar-refractivity contribution is 0.0821. The Hall–Kier alpha value is -3.11. The summed E-state index contributed by atoms with van der Waals surface area (Å²) in [7, 11) is 0. The average molecular weight is 468 g/mol. The molecule has 3 aromatic heterocycles. The summed E-state index contributed by atoms with van der Waals surface area (Å²) in [6.45, 7) is 8.69. The lowest BCUT2D eigenvalue weighted by Gasteiger charge is -2.26. The summed E-state index contributed by atoms with van der Waals surface area (Å²) in [6, 6.07) is 7.56. The van der Waals surface area contributed by atoms with Crippen LogP contribution in [0.4, 0.5) is 0 Å². The number of allylic oxidation sites excluding steroid dienone is 1. The highest BCUT2D eigenvalue weighted by molar-refractivity contribution is 7.98. The van der Waals surface area contributed by atoms with Crippen LogP contribution >= 0.6 is 23.1 Å². The van der Waals surface area contributed by atoms with Crippen LogP contribution in [0.2, 0.25) is 0 Å². The van der Waals surface area contributed by atoms with Crippen LogP contribution < -0.4 is 15.0 Å². The van der Waals surface area contributed by atoms with Crippen LogP contribution in [-0.4, -0.2) is 31.3 Å². The molecular weight excluding hydrogens is 446 g/mol. The minimum Gasteiger partial charge on any atom is -0.485 e. The molecule has 1 atom stereocenters. The van der Waals surface area contributed by atoms with E-state index in [9.17, 15) is 4.79 Å². The number of aryl methyl sites for hydroxylation is 2. The van der Waals surface area contributed by atoms with Crippen molar-refractivity contribution >= 4 is 33.3 Å². The second kappa shape index (κ2) is 8.44. The Bertz CT molecular complexity index is 1370. The molecule has 0 spiro atoms. The van der Waals surface area contributed by atoms with Crippen LogP contribution in [0.25, 0.3) is 10.2 Å². The van der Waals surface area contributed by atoms with Gasteiger partial charge in [0.15, 0.2) is 28.6 Å². The molecule has 0 aliphatic carbocycles. The van der Waals surface area contributed by atoms with Gasteiger partial charge in [-0.1, -0.05) is 30.0 Å². The lowest BCUT2D eigenvalue weighted by Crippen LogP contribution is -2.25. The molecule has 0 radical (unpaired) electrons. The molecule has 0 amide bonds. The standard InChI is InChI=1S/C22H21N5O3S2/c1-4-9-27-19(16-10-29-14-7-5-6-8-15(14)30-16)25-26-22(27)31-11-17-23-20(28)18-12(2)13(3)32-21(18)24-17/h4-8,16H,1,9-11H2,2-3H3,(H,23,24,28). The van der Waals surface area contributed by atoms with Gasteiger partial charge in [0.25, 0.3) is 5.56 Å². The van der Waals surface area contributed by atoms with E-state index in [0.717, 1.165) is 21.0 Å². The lowest BCUT2D eigenvalue weighted by atomic mass is 10.2. The van der Waals surface area contributed by atoms with Gasteiger partial charge in [-0.25, -0.2) is 4.98 Å². The summed E-state index contributed by atoms with van der Waals surface area (Å²) in [5.74, 6) is 3.14. The van der Waals surface area contributed by atoms with Gasteiger partial charge in [0, 0.05) is 11.4 Å². The van der Waals surface area contributed by atoms with Crippen molar-refractivity contribution in [3.8, 4) is 11.5 Å². The van der Waals surface area contributed by atoms with Gasteiger partial charge in [-0.05, 0) is 31.5 Å². The molecule has 0 saturated heterocycles. The summed E-state index contributed by atoms with van der Waals surface area (Å²) in [5, 5.41) is 10.1. The molecule has 0 fully saturated rings. The topological polar surface area (TPSA) is 94.9 Å². The van der Waals surface area contributed by atoms with Crippen molar-refractivity contribution in [2.45, 2.75) is 37.4 Å². The minimum atomic E-state index is -0.377. The molecule has 1 aliphatic heterocycles. The van der Waals surface area contributed by atoms with E-state index in [1.165, 1.54) is 11.8 Å². The molecule has 1 aliphatic rings. The van der Waals surface area contributed by atoms with E-state index in [4.69, 9.17) is 9.47 Å². The number of hydrogen-bond acceptors (Lipinski definition) is 8. The second-order valence-corrected chi connectivity index (χ2v) is 9.51. The predicted molar refractivity (Wildman–Crippen MR) is 125 cm³/mol. The van der Waals surface area contributed by atoms with Crippen molar-refractivity contribution in [3.63, 3.8) is 0 Å². The van der Waals surface area contributed by atoms with E-state index >= 15 is 0 Å². The molecule has 5 rings (SSSR count). The molecule has 4 heterocycles. The van der Waals surface area contributed by atoms with Crippen LogP contribution in [0.3, 0.4) is 0 Å². The van der Waals surface area contributed by atoms with Crippen LogP contribution in [0.15, 0.2) is 46.9 Å². The first-order chi connectivity index (χ1) is 15.5. The van der Waals surface area contributed by atoms with Gasteiger partial charge in [0.1, 0.15) is 17.3 Å². The van der Waals surface area contributed by atoms with E-state index < -0.39 is 0 Å². The van der Waals surface area contributed by atoms with E-state index in [-0.39, 0.29) is 11.7 Å². The number of aromatic nitrogens is 5. The molecule has 1 aromatic carbocycles. The number of benzene rings is 1. The fourth-order valence-corrected chi connectivity index (χ4v) is 5.47.